The second-order valence-electron chi connectivity index (χ2n) is 4.23. The van der Waals surface area contributed by atoms with Gasteiger partial charge < -0.3 is 5.32 Å². The fourth-order valence-electron chi connectivity index (χ4n) is 1.98. The van der Waals surface area contributed by atoms with Crippen molar-refractivity contribution in [3.63, 3.8) is 0 Å². The number of fused-ring (bicyclic) bond motifs is 1. The molecule has 0 saturated carbocycles. The maximum atomic E-state index is 8.76. The van der Waals surface area contributed by atoms with Gasteiger partial charge in [0.05, 0.1) is 11.6 Å². The van der Waals surface area contributed by atoms with E-state index in [-0.39, 0.29) is 0 Å². The highest BCUT2D eigenvalue weighted by atomic mass is 15.1. The zero-order valence-corrected chi connectivity index (χ0v) is 10.2. The summed E-state index contributed by atoms with van der Waals surface area (Å²) >= 11 is 0. The first-order valence-electron chi connectivity index (χ1n) is 6.02. The van der Waals surface area contributed by atoms with Crippen molar-refractivity contribution >= 4 is 11.5 Å². The summed E-state index contributed by atoms with van der Waals surface area (Å²) in [6, 6.07) is 15.6. The summed E-state index contributed by atoms with van der Waals surface area (Å²) in [5, 5.41) is 12.1. The molecule has 0 aliphatic rings. The molecular formula is C15H12N4. The van der Waals surface area contributed by atoms with Crippen LogP contribution in [0.1, 0.15) is 11.1 Å². The summed E-state index contributed by atoms with van der Waals surface area (Å²) in [7, 11) is 0. The van der Waals surface area contributed by atoms with Gasteiger partial charge in [-0.05, 0) is 29.8 Å². The van der Waals surface area contributed by atoms with Crippen LogP contribution >= 0.6 is 0 Å². The van der Waals surface area contributed by atoms with E-state index in [0.29, 0.717) is 12.1 Å². The van der Waals surface area contributed by atoms with Crippen LogP contribution < -0.4 is 5.32 Å². The van der Waals surface area contributed by atoms with Gasteiger partial charge in [0.25, 0.3) is 0 Å². The van der Waals surface area contributed by atoms with Crippen LogP contribution in [0.4, 0.5) is 5.82 Å². The van der Waals surface area contributed by atoms with Crippen molar-refractivity contribution in [1.82, 2.24) is 9.38 Å². The monoisotopic (exact) mass is 248 g/mol. The first-order chi connectivity index (χ1) is 9.36. The third-order valence-corrected chi connectivity index (χ3v) is 2.98. The Bertz CT molecular complexity index is 735. The van der Waals surface area contributed by atoms with E-state index in [9.17, 15) is 0 Å². The van der Waals surface area contributed by atoms with E-state index in [1.165, 1.54) is 0 Å². The molecule has 3 rings (SSSR count). The van der Waals surface area contributed by atoms with E-state index in [0.717, 1.165) is 17.0 Å². The van der Waals surface area contributed by atoms with Crippen LogP contribution in [0.25, 0.3) is 5.65 Å². The molecule has 92 valence electrons. The van der Waals surface area contributed by atoms with Crippen LogP contribution in [-0.2, 0) is 6.54 Å². The molecule has 2 aromatic heterocycles. The van der Waals surface area contributed by atoms with Gasteiger partial charge in [-0.3, -0.25) is 4.40 Å². The van der Waals surface area contributed by atoms with Crippen LogP contribution in [0, 0.1) is 11.3 Å². The number of aromatic nitrogens is 2. The molecule has 0 saturated heterocycles. The molecule has 0 bridgehead atoms. The van der Waals surface area contributed by atoms with Gasteiger partial charge in [0.2, 0.25) is 0 Å². The van der Waals surface area contributed by atoms with E-state index in [1.54, 1.807) is 6.20 Å². The number of pyridine rings is 1. The molecule has 19 heavy (non-hydrogen) atoms. The Morgan fingerprint density at radius 3 is 2.79 bits per heavy atom. The zero-order chi connectivity index (χ0) is 13.1. The molecule has 1 N–H and O–H groups in total. The third kappa shape index (κ3) is 2.26. The highest BCUT2D eigenvalue weighted by Crippen LogP contribution is 2.12. The molecule has 0 spiro atoms. The quantitative estimate of drug-likeness (QED) is 0.775. The normalized spacial score (nSPS) is 10.3. The van der Waals surface area contributed by atoms with Crippen molar-refractivity contribution in [1.29, 1.82) is 5.26 Å². The zero-order valence-electron chi connectivity index (χ0n) is 10.2. The van der Waals surface area contributed by atoms with Gasteiger partial charge >= 0.3 is 0 Å². The first kappa shape index (κ1) is 11.3. The van der Waals surface area contributed by atoms with Gasteiger partial charge in [0.15, 0.2) is 0 Å². The van der Waals surface area contributed by atoms with E-state index >= 15 is 0 Å². The standard InChI is InChI=1S/C15H12N4/c16-10-12-4-6-13(7-5-12)11-18-15-3-1-2-14-17-8-9-19(14)15/h1-9,18H,11H2. The fourth-order valence-corrected chi connectivity index (χ4v) is 1.98. The van der Waals surface area contributed by atoms with Gasteiger partial charge in [0.1, 0.15) is 11.5 Å². The number of nitriles is 1. The van der Waals surface area contributed by atoms with Gasteiger partial charge in [-0.25, -0.2) is 4.98 Å². The van der Waals surface area contributed by atoms with Crippen LogP contribution in [0.2, 0.25) is 0 Å². The molecule has 0 fully saturated rings. The van der Waals surface area contributed by atoms with E-state index in [2.05, 4.69) is 16.4 Å². The van der Waals surface area contributed by atoms with Crippen LogP contribution in [-0.4, -0.2) is 9.38 Å². The van der Waals surface area contributed by atoms with E-state index < -0.39 is 0 Å². The Morgan fingerprint density at radius 1 is 1.16 bits per heavy atom. The lowest BCUT2D eigenvalue weighted by atomic mass is 10.1. The molecule has 1 aromatic carbocycles. The third-order valence-electron chi connectivity index (χ3n) is 2.98. The minimum atomic E-state index is 0.681. The molecule has 0 aliphatic heterocycles. The predicted octanol–water partition coefficient (Wildman–Crippen LogP) is 2.82. The molecule has 2 heterocycles. The van der Waals surface area contributed by atoms with Crippen molar-refractivity contribution in [2.24, 2.45) is 0 Å². The molecule has 0 aliphatic carbocycles. The minimum Gasteiger partial charge on any atom is -0.367 e. The Kier molecular flexibility index (Phi) is 2.87. The van der Waals surface area contributed by atoms with Crippen molar-refractivity contribution in [3.05, 3.63) is 66.0 Å². The number of nitrogens with one attached hydrogen (secondary N) is 1. The largest absolute Gasteiger partial charge is 0.367 e. The average molecular weight is 248 g/mol. The second-order valence-corrected chi connectivity index (χ2v) is 4.23. The topological polar surface area (TPSA) is 53.1 Å². The molecule has 0 radical (unpaired) electrons. The molecule has 0 unspecified atom stereocenters. The molecule has 4 heteroatoms. The van der Waals surface area contributed by atoms with E-state index in [1.807, 2.05) is 53.1 Å². The van der Waals surface area contributed by atoms with Crippen LogP contribution in [0.3, 0.4) is 0 Å². The van der Waals surface area contributed by atoms with Gasteiger partial charge in [-0.15, -0.1) is 0 Å². The summed E-state index contributed by atoms with van der Waals surface area (Å²) in [6.07, 6.45) is 3.71. The molecular weight excluding hydrogens is 236 g/mol. The number of hydrogen-bond donors (Lipinski definition) is 1. The maximum Gasteiger partial charge on any atom is 0.138 e. The van der Waals surface area contributed by atoms with Gasteiger partial charge in [0, 0.05) is 18.9 Å². The highest BCUT2D eigenvalue weighted by Gasteiger charge is 2.00. The van der Waals surface area contributed by atoms with Crippen molar-refractivity contribution in [2.75, 3.05) is 5.32 Å². The van der Waals surface area contributed by atoms with Crippen LogP contribution in [0.15, 0.2) is 54.9 Å². The Labute approximate surface area is 110 Å². The Morgan fingerprint density at radius 2 is 2.00 bits per heavy atom. The first-order valence-corrected chi connectivity index (χ1v) is 6.02. The van der Waals surface area contributed by atoms with Gasteiger partial charge in [-0.2, -0.15) is 5.26 Å². The number of rotatable bonds is 3. The van der Waals surface area contributed by atoms with Gasteiger partial charge in [-0.1, -0.05) is 18.2 Å². The van der Waals surface area contributed by atoms with Crippen molar-refractivity contribution < 1.29 is 0 Å². The number of nitrogens with zero attached hydrogens (tertiary/aromatic N) is 3. The minimum absolute atomic E-state index is 0.681. The molecule has 0 amide bonds. The summed E-state index contributed by atoms with van der Waals surface area (Å²) in [5.74, 6) is 0.999. The lowest BCUT2D eigenvalue weighted by Gasteiger charge is -2.08. The Balaban J connectivity index is 1.78. The number of anilines is 1. The lowest BCUT2D eigenvalue weighted by molar-refractivity contribution is 1.07. The number of hydrogen-bond acceptors (Lipinski definition) is 3. The number of benzene rings is 1. The fraction of sp³-hybridized carbons (Fsp3) is 0.0667. The molecule has 4 nitrogen and oxygen atoms in total. The Hall–Kier alpha value is -2.80. The number of imidazole rings is 1. The van der Waals surface area contributed by atoms with Crippen LogP contribution in [0.5, 0.6) is 0 Å². The molecule has 0 atom stereocenters. The molecule has 3 aromatic rings. The highest BCUT2D eigenvalue weighted by molar-refractivity contribution is 5.50. The predicted molar refractivity (Wildman–Crippen MR) is 73.7 cm³/mol. The summed E-state index contributed by atoms with van der Waals surface area (Å²) in [5.41, 5.74) is 2.74. The smallest absolute Gasteiger partial charge is 0.138 e. The second kappa shape index (κ2) is 4.83. The van der Waals surface area contributed by atoms with E-state index in [4.69, 9.17) is 5.26 Å². The maximum absolute atomic E-state index is 8.76. The summed E-state index contributed by atoms with van der Waals surface area (Å²) < 4.78 is 2.00. The van der Waals surface area contributed by atoms with Crippen molar-refractivity contribution in [2.45, 2.75) is 6.54 Å². The SMILES string of the molecule is N#Cc1ccc(CNc2cccc3nccn23)cc1. The lowest BCUT2D eigenvalue weighted by Crippen LogP contribution is -2.03. The average Bonchev–Trinajstić information content (AvgIpc) is 2.94. The van der Waals surface area contributed by atoms with Crippen molar-refractivity contribution in [3.8, 4) is 6.07 Å². The summed E-state index contributed by atoms with van der Waals surface area (Å²) in [4.78, 5) is 4.24. The summed E-state index contributed by atoms with van der Waals surface area (Å²) in [6.45, 7) is 0.711.